The van der Waals surface area contributed by atoms with Gasteiger partial charge in [0.1, 0.15) is 11.6 Å². The summed E-state index contributed by atoms with van der Waals surface area (Å²) in [5.41, 5.74) is 1.24. The standard InChI is InChI=1S/C25H29FO3/c1-2-3-4-5-6-7-8-9-25(28)29-23-17-13-21(14-18-23)24(27)19-12-20-10-15-22(26)16-11-20/h10-19H,2-9H2,1H3/b19-12+. The molecule has 154 valence electrons. The van der Waals surface area contributed by atoms with E-state index in [1.54, 1.807) is 42.5 Å². The van der Waals surface area contributed by atoms with Crippen LogP contribution in [-0.4, -0.2) is 11.8 Å². The van der Waals surface area contributed by atoms with Crippen molar-refractivity contribution >= 4 is 17.8 Å². The minimum absolute atomic E-state index is 0.171. The van der Waals surface area contributed by atoms with Crippen molar-refractivity contribution in [2.75, 3.05) is 0 Å². The average molecular weight is 397 g/mol. The van der Waals surface area contributed by atoms with Gasteiger partial charge in [-0.1, -0.05) is 63.7 Å². The third kappa shape index (κ3) is 8.86. The Hall–Kier alpha value is -2.75. The summed E-state index contributed by atoms with van der Waals surface area (Å²) in [7, 11) is 0. The monoisotopic (exact) mass is 396 g/mol. The number of hydrogen-bond donors (Lipinski definition) is 0. The summed E-state index contributed by atoms with van der Waals surface area (Å²) >= 11 is 0. The molecule has 0 amide bonds. The van der Waals surface area contributed by atoms with E-state index >= 15 is 0 Å². The normalized spacial score (nSPS) is 11.0. The first-order valence-corrected chi connectivity index (χ1v) is 10.4. The van der Waals surface area contributed by atoms with Crippen molar-refractivity contribution in [3.05, 3.63) is 71.6 Å². The molecular weight excluding hydrogens is 367 g/mol. The van der Waals surface area contributed by atoms with Crippen LogP contribution in [0.5, 0.6) is 5.75 Å². The molecule has 0 aromatic heterocycles. The number of allylic oxidation sites excluding steroid dienone is 1. The number of carbonyl (C=O) groups is 2. The molecule has 2 aromatic carbocycles. The lowest BCUT2D eigenvalue weighted by molar-refractivity contribution is -0.134. The fourth-order valence-electron chi connectivity index (χ4n) is 2.94. The van der Waals surface area contributed by atoms with Gasteiger partial charge in [0.25, 0.3) is 0 Å². The first-order chi connectivity index (χ1) is 14.1. The molecular formula is C25H29FO3. The number of benzene rings is 2. The Kier molecular flexibility index (Phi) is 9.84. The van der Waals surface area contributed by atoms with Crippen LogP contribution in [0.15, 0.2) is 54.6 Å². The second kappa shape index (κ2) is 12.7. The summed E-state index contributed by atoms with van der Waals surface area (Å²) in [6.45, 7) is 2.20. The first-order valence-electron chi connectivity index (χ1n) is 10.4. The maximum absolute atomic E-state index is 12.9. The third-order valence-corrected chi connectivity index (χ3v) is 4.65. The molecule has 0 unspecified atom stereocenters. The Bertz CT molecular complexity index is 792. The van der Waals surface area contributed by atoms with Crippen LogP contribution in [0.1, 0.15) is 74.2 Å². The fourth-order valence-corrected chi connectivity index (χ4v) is 2.94. The van der Waals surface area contributed by atoms with Crippen LogP contribution in [0.4, 0.5) is 4.39 Å². The van der Waals surface area contributed by atoms with Gasteiger partial charge in [-0.05, 0) is 54.5 Å². The molecule has 3 nitrogen and oxygen atoms in total. The number of ether oxygens (including phenoxy) is 1. The minimum Gasteiger partial charge on any atom is -0.427 e. The second-order valence-electron chi connectivity index (χ2n) is 7.12. The van der Waals surface area contributed by atoms with Crippen molar-refractivity contribution in [2.24, 2.45) is 0 Å². The van der Waals surface area contributed by atoms with Gasteiger partial charge < -0.3 is 4.74 Å². The number of ketones is 1. The van der Waals surface area contributed by atoms with Crippen LogP contribution in [0.25, 0.3) is 6.08 Å². The average Bonchev–Trinajstić information content (AvgIpc) is 2.73. The predicted molar refractivity (Wildman–Crippen MR) is 114 cm³/mol. The van der Waals surface area contributed by atoms with Gasteiger partial charge in [0, 0.05) is 12.0 Å². The van der Waals surface area contributed by atoms with Gasteiger partial charge >= 0.3 is 5.97 Å². The zero-order chi connectivity index (χ0) is 20.9. The summed E-state index contributed by atoms with van der Waals surface area (Å²) in [6, 6.07) is 12.4. The Balaban J connectivity index is 1.73. The highest BCUT2D eigenvalue weighted by atomic mass is 19.1. The Morgan fingerprint density at radius 1 is 0.862 bits per heavy atom. The van der Waals surface area contributed by atoms with Crippen LogP contribution >= 0.6 is 0 Å². The summed E-state index contributed by atoms with van der Waals surface area (Å²) in [5, 5.41) is 0. The molecule has 2 aromatic rings. The van der Waals surface area contributed by atoms with E-state index in [0.29, 0.717) is 17.7 Å². The second-order valence-corrected chi connectivity index (χ2v) is 7.12. The molecule has 4 heteroatoms. The maximum Gasteiger partial charge on any atom is 0.311 e. The topological polar surface area (TPSA) is 43.4 Å². The smallest absolute Gasteiger partial charge is 0.311 e. The fraction of sp³-hybridized carbons (Fsp3) is 0.360. The number of carbonyl (C=O) groups excluding carboxylic acids is 2. The molecule has 2 rings (SSSR count). The number of esters is 1. The van der Waals surface area contributed by atoms with Gasteiger partial charge in [0.2, 0.25) is 0 Å². The molecule has 0 radical (unpaired) electrons. The number of rotatable bonds is 12. The van der Waals surface area contributed by atoms with Gasteiger partial charge in [-0.25, -0.2) is 4.39 Å². The van der Waals surface area contributed by atoms with Crippen molar-refractivity contribution in [1.82, 2.24) is 0 Å². The molecule has 0 N–H and O–H groups in total. The van der Waals surface area contributed by atoms with Gasteiger partial charge in [-0.2, -0.15) is 0 Å². The first kappa shape index (κ1) is 22.5. The Morgan fingerprint density at radius 2 is 1.48 bits per heavy atom. The summed E-state index contributed by atoms with van der Waals surface area (Å²) in [6.07, 6.45) is 11.6. The molecule has 29 heavy (non-hydrogen) atoms. The summed E-state index contributed by atoms with van der Waals surface area (Å²) in [5.74, 6) is -0.285. The molecule has 0 aliphatic carbocycles. The molecule has 0 fully saturated rings. The molecule has 0 aliphatic rings. The molecule has 0 heterocycles. The zero-order valence-electron chi connectivity index (χ0n) is 17.0. The molecule has 0 bridgehead atoms. The number of halogens is 1. The maximum atomic E-state index is 12.9. The van der Waals surface area contributed by atoms with Crippen LogP contribution in [0, 0.1) is 5.82 Å². The van der Waals surface area contributed by atoms with Crippen LogP contribution < -0.4 is 4.74 Å². The highest BCUT2D eigenvalue weighted by Gasteiger charge is 2.07. The van der Waals surface area contributed by atoms with Gasteiger partial charge in [0.15, 0.2) is 5.78 Å². The predicted octanol–water partition coefficient (Wildman–Crippen LogP) is 6.77. The van der Waals surface area contributed by atoms with E-state index in [2.05, 4.69) is 6.92 Å². The van der Waals surface area contributed by atoms with Crippen molar-refractivity contribution in [3.8, 4) is 5.75 Å². The van der Waals surface area contributed by atoms with E-state index in [9.17, 15) is 14.0 Å². The minimum atomic E-state index is -0.314. The Morgan fingerprint density at radius 3 is 2.14 bits per heavy atom. The molecule has 0 aliphatic heterocycles. The summed E-state index contributed by atoms with van der Waals surface area (Å²) in [4.78, 5) is 24.1. The lowest BCUT2D eigenvalue weighted by Crippen LogP contribution is -2.07. The highest BCUT2D eigenvalue weighted by molar-refractivity contribution is 6.06. The Labute approximate surface area is 172 Å². The molecule has 0 saturated carbocycles. The number of unbranched alkanes of at least 4 members (excludes halogenated alkanes) is 6. The SMILES string of the molecule is CCCCCCCCCC(=O)Oc1ccc(C(=O)/C=C/c2ccc(F)cc2)cc1. The zero-order valence-corrected chi connectivity index (χ0v) is 17.0. The van der Waals surface area contributed by atoms with Gasteiger partial charge in [-0.3, -0.25) is 9.59 Å². The van der Waals surface area contributed by atoms with Crippen molar-refractivity contribution in [2.45, 2.75) is 58.3 Å². The largest absolute Gasteiger partial charge is 0.427 e. The van der Waals surface area contributed by atoms with Crippen LogP contribution in [0.3, 0.4) is 0 Å². The van der Waals surface area contributed by atoms with Gasteiger partial charge in [-0.15, -0.1) is 0 Å². The quantitative estimate of drug-likeness (QED) is 0.131. The van der Waals surface area contributed by atoms with E-state index < -0.39 is 0 Å². The number of hydrogen-bond acceptors (Lipinski definition) is 3. The van der Waals surface area contributed by atoms with E-state index in [4.69, 9.17) is 4.74 Å². The lowest BCUT2D eigenvalue weighted by atomic mass is 10.1. The lowest BCUT2D eigenvalue weighted by Gasteiger charge is -2.05. The molecule has 0 atom stereocenters. The summed E-state index contributed by atoms with van der Waals surface area (Å²) < 4.78 is 18.2. The van der Waals surface area contributed by atoms with E-state index in [-0.39, 0.29) is 17.6 Å². The van der Waals surface area contributed by atoms with Crippen LogP contribution in [0.2, 0.25) is 0 Å². The molecule has 0 spiro atoms. The van der Waals surface area contributed by atoms with Crippen molar-refractivity contribution in [1.29, 1.82) is 0 Å². The molecule has 0 saturated heterocycles. The van der Waals surface area contributed by atoms with Gasteiger partial charge in [0.05, 0.1) is 0 Å². The van der Waals surface area contributed by atoms with E-state index in [0.717, 1.165) is 24.8 Å². The van der Waals surface area contributed by atoms with Crippen molar-refractivity contribution < 1.29 is 18.7 Å². The van der Waals surface area contributed by atoms with E-state index in [1.165, 1.54) is 43.9 Å². The third-order valence-electron chi connectivity index (χ3n) is 4.65. The van der Waals surface area contributed by atoms with Crippen LogP contribution in [-0.2, 0) is 4.79 Å². The van der Waals surface area contributed by atoms with Crippen molar-refractivity contribution in [3.63, 3.8) is 0 Å². The highest BCUT2D eigenvalue weighted by Crippen LogP contribution is 2.15. The van der Waals surface area contributed by atoms with E-state index in [1.807, 2.05) is 0 Å².